The van der Waals surface area contributed by atoms with Crippen molar-refractivity contribution in [2.24, 2.45) is 0 Å². The molecule has 2 heterocycles. The van der Waals surface area contributed by atoms with Crippen molar-refractivity contribution in [3.05, 3.63) is 57.6 Å². The van der Waals surface area contributed by atoms with Gasteiger partial charge < -0.3 is 25.5 Å². The van der Waals surface area contributed by atoms with Crippen LogP contribution in [0, 0.1) is 0 Å². The van der Waals surface area contributed by atoms with Crippen LogP contribution in [0.15, 0.2) is 36.4 Å². The van der Waals surface area contributed by atoms with Crippen LogP contribution in [0.2, 0.25) is 10.0 Å². The molecular weight excluding hydrogens is 677 g/mol. The topological polar surface area (TPSA) is 139 Å². The molecule has 2 aromatic rings. The highest BCUT2D eigenvalue weighted by Gasteiger charge is 2.40. The number of nitrogens with one attached hydrogen (secondary N) is 2. The van der Waals surface area contributed by atoms with E-state index in [-0.39, 0.29) is 49.4 Å². The number of aryl methyl sites for hydroxylation is 1. The second-order valence-corrected chi connectivity index (χ2v) is 14.2. The first-order valence-corrected chi connectivity index (χ1v) is 18.2. The first-order valence-electron chi connectivity index (χ1n) is 16.3. The third kappa shape index (κ3) is 9.64. The van der Waals surface area contributed by atoms with Gasteiger partial charge in [-0.15, -0.1) is 11.8 Å². The quantitative estimate of drug-likeness (QED) is 0.217. The lowest BCUT2D eigenvalue weighted by molar-refractivity contribution is -0.138. The van der Waals surface area contributed by atoms with Crippen molar-refractivity contribution >= 4 is 75.8 Å². The number of unbranched alkanes of at least 4 members (excludes halogenated alkanes) is 1. The summed E-state index contributed by atoms with van der Waals surface area (Å²) in [6.45, 7) is 1.36. The maximum absolute atomic E-state index is 13.9. The number of benzene rings is 2. The molecule has 3 amide bonds. The van der Waals surface area contributed by atoms with E-state index in [0.717, 1.165) is 40.7 Å². The van der Waals surface area contributed by atoms with Gasteiger partial charge in [0.25, 0.3) is 0 Å². The lowest BCUT2D eigenvalue weighted by atomic mass is 10.0. The average Bonchev–Trinajstić information content (AvgIpc) is 3.82. The second-order valence-electron chi connectivity index (χ2n) is 12.4. The molecule has 0 spiro atoms. The Kier molecular flexibility index (Phi) is 12.6. The zero-order valence-corrected chi connectivity index (χ0v) is 29.0. The van der Waals surface area contributed by atoms with Crippen LogP contribution in [-0.2, 0) is 36.9 Å². The van der Waals surface area contributed by atoms with Gasteiger partial charge in [0.2, 0.25) is 17.7 Å². The van der Waals surface area contributed by atoms with Crippen molar-refractivity contribution in [3.8, 4) is 0 Å². The highest BCUT2D eigenvalue weighted by molar-refractivity contribution is 7.99. The number of fused-ring (bicyclic) bond motifs is 1. The number of carboxylic acid groups (broad SMARTS) is 1. The molecule has 1 aliphatic carbocycles. The fourth-order valence-corrected chi connectivity index (χ4v) is 7.78. The Morgan fingerprint density at radius 1 is 0.854 bits per heavy atom. The third-order valence-electron chi connectivity index (χ3n) is 8.80. The van der Waals surface area contributed by atoms with Crippen molar-refractivity contribution in [2.45, 2.75) is 70.0 Å². The number of ketones is 1. The summed E-state index contributed by atoms with van der Waals surface area (Å²) in [5, 5.41) is 14.5. The minimum atomic E-state index is -1.16. The van der Waals surface area contributed by atoms with E-state index >= 15 is 0 Å². The molecule has 0 aromatic heterocycles. The van der Waals surface area contributed by atoms with Crippen LogP contribution in [0.25, 0.3) is 0 Å². The van der Waals surface area contributed by atoms with Gasteiger partial charge in [-0.25, -0.2) is 0 Å². The number of rotatable bonds is 16. The van der Waals surface area contributed by atoms with Crippen LogP contribution in [0.5, 0.6) is 0 Å². The predicted octanol–water partition coefficient (Wildman–Crippen LogP) is 4.26. The number of Topliss-reactive ketones (excluding diaryl/α,β-unsaturated/α-hetero) is 1. The summed E-state index contributed by atoms with van der Waals surface area (Å²) in [5.74, 6) is -0.696. The summed E-state index contributed by atoms with van der Waals surface area (Å²) in [6.07, 6.45) is 4.34. The Hall–Kier alpha value is -3.32. The Morgan fingerprint density at radius 3 is 2.29 bits per heavy atom. The van der Waals surface area contributed by atoms with E-state index in [0.29, 0.717) is 48.4 Å². The van der Waals surface area contributed by atoms with Gasteiger partial charge in [-0.05, 0) is 67.5 Å². The van der Waals surface area contributed by atoms with Gasteiger partial charge in [0.05, 0.1) is 24.0 Å². The van der Waals surface area contributed by atoms with E-state index in [4.69, 9.17) is 28.3 Å². The normalized spacial score (nSPS) is 17.6. The van der Waals surface area contributed by atoms with Gasteiger partial charge >= 0.3 is 5.97 Å². The van der Waals surface area contributed by atoms with Gasteiger partial charge in [0, 0.05) is 66.6 Å². The maximum atomic E-state index is 13.9. The Labute approximate surface area is 294 Å². The largest absolute Gasteiger partial charge is 0.480 e. The molecule has 14 heteroatoms. The molecule has 2 aliphatic heterocycles. The summed E-state index contributed by atoms with van der Waals surface area (Å²) in [5.41, 5.74) is 3.89. The number of halogens is 2. The second kappa shape index (κ2) is 16.9. The lowest BCUT2D eigenvalue weighted by Crippen LogP contribution is -2.52. The fraction of sp³-hybridized carbons (Fsp3) is 0.500. The van der Waals surface area contributed by atoms with Gasteiger partial charge in [-0.1, -0.05) is 35.3 Å². The monoisotopic (exact) mass is 717 g/mol. The van der Waals surface area contributed by atoms with E-state index in [9.17, 15) is 24.0 Å². The number of para-hydroxylation sites is 2. The molecule has 2 fully saturated rings. The summed E-state index contributed by atoms with van der Waals surface area (Å²) < 4.78 is 0. The van der Waals surface area contributed by atoms with E-state index < -0.39 is 18.4 Å². The first-order chi connectivity index (χ1) is 23.1. The molecule has 48 heavy (non-hydrogen) atoms. The summed E-state index contributed by atoms with van der Waals surface area (Å²) >= 11 is 15.2. The van der Waals surface area contributed by atoms with Crippen LogP contribution in [0.3, 0.4) is 0 Å². The number of aliphatic carboxylic acids is 1. The molecule has 258 valence electrons. The van der Waals surface area contributed by atoms with Crippen LogP contribution < -0.4 is 20.4 Å². The maximum Gasteiger partial charge on any atom is 0.322 e. The van der Waals surface area contributed by atoms with E-state index in [1.807, 2.05) is 29.2 Å². The van der Waals surface area contributed by atoms with Crippen molar-refractivity contribution in [3.63, 3.8) is 0 Å². The first kappa shape index (κ1) is 36.0. The standard InChI is InChI=1S/C34H41Cl2N5O6S/c35-26-16-23(27(36)15-22(26)5-1-4-8-31(43)37-17-25(42)11-12-32(44)38-18-33(45)46)19-39-21-48-20-30(39)34(47)41-14-13-40(24-9-10-24)28-6-2-3-7-29(28)41/h2-3,6-7,15-16,24,30H,1,4-5,8-14,17-21H2,(H,37,43)(H,38,44)(H,45,46)/t30-/m0/s1. The molecule has 0 bridgehead atoms. The molecule has 2 aromatic carbocycles. The molecule has 3 N–H and O–H groups in total. The smallest absolute Gasteiger partial charge is 0.322 e. The van der Waals surface area contributed by atoms with E-state index in [1.165, 1.54) is 12.8 Å². The van der Waals surface area contributed by atoms with Crippen LogP contribution in [0.1, 0.15) is 56.1 Å². The number of carboxylic acids is 1. The van der Waals surface area contributed by atoms with E-state index in [1.54, 1.807) is 11.8 Å². The third-order valence-corrected chi connectivity index (χ3v) is 10.6. The van der Waals surface area contributed by atoms with Crippen LogP contribution in [-0.4, -0.2) is 89.4 Å². The summed E-state index contributed by atoms with van der Waals surface area (Å²) in [6, 6.07) is 12.3. The van der Waals surface area contributed by atoms with Crippen LogP contribution in [0.4, 0.5) is 11.4 Å². The van der Waals surface area contributed by atoms with Gasteiger partial charge in [0.15, 0.2) is 5.78 Å². The average molecular weight is 719 g/mol. The van der Waals surface area contributed by atoms with Crippen LogP contribution >= 0.6 is 35.0 Å². The fourth-order valence-electron chi connectivity index (χ4n) is 6.07. The number of anilines is 2. The lowest BCUT2D eigenvalue weighted by Gasteiger charge is -2.39. The zero-order valence-electron chi connectivity index (χ0n) is 26.7. The van der Waals surface area contributed by atoms with Crippen molar-refractivity contribution in [1.82, 2.24) is 15.5 Å². The van der Waals surface area contributed by atoms with Crippen molar-refractivity contribution in [1.29, 1.82) is 0 Å². The molecule has 1 atom stereocenters. The number of carbonyl (C=O) groups is 5. The number of nitrogens with zero attached hydrogens (tertiary/aromatic N) is 3. The minimum Gasteiger partial charge on any atom is -0.480 e. The number of thioether (sulfide) groups is 1. The van der Waals surface area contributed by atoms with Crippen molar-refractivity contribution < 1.29 is 29.1 Å². The Bertz CT molecular complexity index is 1540. The SMILES string of the molecule is O=C(O)CNC(=O)CCC(=O)CNC(=O)CCCCc1cc(Cl)c(CN2CSC[C@H]2C(=O)N2CCN(C3CC3)c3ccccc32)cc1Cl. The number of carbonyl (C=O) groups excluding carboxylic acids is 4. The minimum absolute atomic E-state index is 0.0826. The molecule has 1 saturated carbocycles. The van der Waals surface area contributed by atoms with Gasteiger partial charge in [-0.2, -0.15) is 0 Å². The molecule has 0 radical (unpaired) electrons. The molecule has 11 nitrogen and oxygen atoms in total. The predicted molar refractivity (Wildman–Crippen MR) is 188 cm³/mol. The highest BCUT2D eigenvalue weighted by atomic mass is 35.5. The Balaban J connectivity index is 1.06. The van der Waals surface area contributed by atoms with Crippen molar-refractivity contribution in [2.75, 3.05) is 47.6 Å². The molecule has 0 unspecified atom stereocenters. The summed E-state index contributed by atoms with van der Waals surface area (Å²) in [7, 11) is 0. The highest BCUT2D eigenvalue weighted by Crippen LogP contribution is 2.41. The van der Waals surface area contributed by atoms with Gasteiger partial charge in [0.1, 0.15) is 6.54 Å². The molecular formula is C34H41Cl2N5O6S. The molecule has 3 aliphatic rings. The number of hydrogen-bond donors (Lipinski definition) is 3. The Morgan fingerprint density at radius 2 is 1.54 bits per heavy atom. The van der Waals surface area contributed by atoms with Gasteiger partial charge in [-0.3, -0.25) is 28.9 Å². The zero-order chi connectivity index (χ0) is 34.2. The number of amides is 3. The molecule has 5 rings (SSSR count). The van der Waals surface area contributed by atoms with E-state index in [2.05, 4.69) is 32.6 Å². The number of hydrogen-bond acceptors (Lipinski definition) is 8. The summed E-state index contributed by atoms with van der Waals surface area (Å²) in [4.78, 5) is 66.7. The molecule has 1 saturated heterocycles.